The van der Waals surface area contributed by atoms with E-state index in [1.807, 2.05) is 12.1 Å². The fourth-order valence-corrected chi connectivity index (χ4v) is 1.99. The molecule has 0 amide bonds. The van der Waals surface area contributed by atoms with Crippen molar-refractivity contribution in [3.63, 3.8) is 0 Å². The topological polar surface area (TPSA) is 49.8 Å². The summed E-state index contributed by atoms with van der Waals surface area (Å²) < 4.78 is 13.7. The third kappa shape index (κ3) is 1.28. The summed E-state index contributed by atoms with van der Waals surface area (Å²) in [4.78, 5) is 0. The van der Waals surface area contributed by atoms with Gasteiger partial charge in [-0.1, -0.05) is 6.07 Å². The molecule has 1 aromatic carbocycles. The van der Waals surface area contributed by atoms with Crippen LogP contribution in [0.3, 0.4) is 0 Å². The second-order valence-electron chi connectivity index (χ2n) is 3.61. The smallest absolute Gasteiger partial charge is 0.145 e. The van der Waals surface area contributed by atoms with Crippen molar-refractivity contribution in [1.82, 2.24) is 0 Å². The lowest BCUT2D eigenvalue weighted by atomic mass is 9.86. The Labute approximate surface area is 82.1 Å². The van der Waals surface area contributed by atoms with Crippen molar-refractivity contribution >= 4 is 0 Å². The maximum atomic E-state index is 13.7. The van der Waals surface area contributed by atoms with Gasteiger partial charge in [0.05, 0.1) is 5.56 Å². The predicted molar refractivity (Wildman–Crippen MR) is 51.0 cm³/mol. The number of aryl methyl sites for hydroxylation is 1. The van der Waals surface area contributed by atoms with Crippen LogP contribution in [0, 0.1) is 17.1 Å². The summed E-state index contributed by atoms with van der Waals surface area (Å²) >= 11 is 0. The van der Waals surface area contributed by atoms with Crippen molar-refractivity contribution in [3.8, 4) is 6.07 Å². The van der Waals surface area contributed by atoms with Crippen LogP contribution in [-0.4, -0.2) is 0 Å². The maximum absolute atomic E-state index is 13.7. The van der Waals surface area contributed by atoms with E-state index in [1.54, 1.807) is 0 Å². The van der Waals surface area contributed by atoms with Crippen molar-refractivity contribution in [2.24, 2.45) is 5.73 Å². The van der Waals surface area contributed by atoms with E-state index in [0.717, 1.165) is 24.8 Å². The van der Waals surface area contributed by atoms with Crippen LogP contribution in [0.5, 0.6) is 0 Å². The Balaban J connectivity index is 2.61. The van der Waals surface area contributed by atoms with Gasteiger partial charge < -0.3 is 5.73 Å². The molecule has 0 bridgehead atoms. The van der Waals surface area contributed by atoms with E-state index in [1.165, 1.54) is 6.07 Å². The predicted octanol–water partition coefficient (Wildman–Crippen LogP) is 2.03. The van der Waals surface area contributed by atoms with Crippen LogP contribution in [0.15, 0.2) is 12.1 Å². The average molecular weight is 190 g/mol. The lowest BCUT2D eigenvalue weighted by Crippen LogP contribution is -2.19. The summed E-state index contributed by atoms with van der Waals surface area (Å²) in [6.45, 7) is 0. The van der Waals surface area contributed by atoms with Crippen LogP contribution in [-0.2, 0) is 6.42 Å². The lowest BCUT2D eigenvalue weighted by Gasteiger charge is -2.22. The quantitative estimate of drug-likeness (QED) is 0.680. The zero-order valence-electron chi connectivity index (χ0n) is 7.76. The molecule has 1 aliphatic carbocycles. The lowest BCUT2D eigenvalue weighted by molar-refractivity contribution is 0.517. The molecule has 2 nitrogen and oxygen atoms in total. The van der Waals surface area contributed by atoms with Crippen molar-refractivity contribution < 1.29 is 4.39 Å². The molecule has 1 aliphatic rings. The zero-order valence-corrected chi connectivity index (χ0v) is 7.76. The Hall–Kier alpha value is -1.40. The molecule has 0 aliphatic heterocycles. The van der Waals surface area contributed by atoms with Gasteiger partial charge in [-0.25, -0.2) is 4.39 Å². The molecule has 1 aromatic rings. The largest absolute Gasteiger partial charge is 0.324 e. The summed E-state index contributed by atoms with van der Waals surface area (Å²) in [5, 5.41) is 8.68. The molecular formula is C11H11FN2. The first-order chi connectivity index (χ1) is 6.74. The van der Waals surface area contributed by atoms with Crippen molar-refractivity contribution in [1.29, 1.82) is 5.26 Å². The summed E-state index contributed by atoms with van der Waals surface area (Å²) in [7, 11) is 0. The van der Waals surface area contributed by atoms with Gasteiger partial charge in [-0.3, -0.25) is 0 Å². The third-order valence-corrected chi connectivity index (χ3v) is 2.72. The van der Waals surface area contributed by atoms with Crippen LogP contribution >= 0.6 is 0 Å². The summed E-state index contributed by atoms with van der Waals surface area (Å²) in [5.41, 5.74) is 7.43. The van der Waals surface area contributed by atoms with E-state index in [-0.39, 0.29) is 11.6 Å². The molecule has 0 spiro atoms. The van der Waals surface area contributed by atoms with Crippen LogP contribution in [0.1, 0.15) is 35.6 Å². The standard InChI is InChI=1S/C11H11FN2/c12-11-8(6-13)5-4-7-2-1-3-9(14)10(7)11/h4-5,9H,1-3,14H2/t9-/m0/s1. The SMILES string of the molecule is N#Cc1ccc2c(c1F)[C@@H](N)CCC2. The zero-order chi connectivity index (χ0) is 10.1. The highest BCUT2D eigenvalue weighted by molar-refractivity contribution is 5.42. The fraction of sp³-hybridized carbons (Fsp3) is 0.364. The minimum Gasteiger partial charge on any atom is -0.324 e. The highest BCUT2D eigenvalue weighted by Gasteiger charge is 2.22. The molecule has 0 heterocycles. The van der Waals surface area contributed by atoms with Gasteiger partial charge >= 0.3 is 0 Å². The molecule has 0 radical (unpaired) electrons. The van der Waals surface area contributed by atoms with Crippen molar-refractivity contribution in [2.75, 3.05) is 0 Å². The molecule has 0 fully saturated rings. The van der Waals surface area contributed by atoms with Gasteiger partial charge in [-0.05, 0) is 30.9 Å². The van der Waals surface area contributed by atoms with Gasteiger partial charge in [-0.2, -0.15) is 5.26 Å². The molecule has 1 atom stereocenters. The minimum absolute atomic E-state index is 0.0982. The number of nitrogens with two attached hydrogens (primary N) is 1. The number of hydrogen-bond acceptors (Lipinski definition) is 2. The van der Waals surface area contributed by atoms with E-state index in [0.29, 0.717) is 5.56 Å². The Morgan fingerprint density at radius 1 is 1.50 bits per heavy atom. The highest BCUT2D eigenvalue weighted by atomic mass is 19.1. The van der Waals surface area contributed by atoms with Gasteiger partial charge in [0.2, 0.25) is 0 Å². The molecule has 14 heavy (non-hydrogen) atoms. The average Bonchev–Trinajstić information content (AvgIpc) is 2.18. The normalized spacial score (nSPS) is 19.9. The number of rotatable bonds is 0. The fourth-order valence-electron chi connectivity index (χ4n) is 1.99. The van der Waals surface area contributed by atoms with Gasteiger partial charge in [0.15, 0.2) is 0 Å². The molecule has 0 saturated carbocycles. The first kappa shape index (κ1) is 9.17. The Kier molecular flexibility index (Phi) is 2.22. The Morgan fingerprint density at radius 3 is 3.00 bits per heavy atom. The van der Waals surface area contributed by atoms with Gasteiger partial charge in [-0.15, -0.1) is 0 Å². The van der Waals surface area contributed by atoms with Crippen molar-refractivity contribution in [2.45, 2.75) is 25.3 Å². The second kappa shape index (κ2) is 3.39. The molecule has 0 aromatic heterocycles. The number of nitrogens with zero attached hydrogens (tertiary/aromatic N) is 1. The van der Waals surface area contributed by atoms with E-state index in [9.17, 15) is 4.39 Å². The summed E-state index contributed by atoms with van der Waals surface area (Å²) in [6, 6.07) is 4.94. The number of hydrogen-bond donors (Lipinski definition) is 1. The van der Waals surface area contributed by atoms with Crippen LogP contribution in [0.2, 0.25) is 0 Å². The van der Waals surface area contributed by atoms with E-state index in [4.69, 9.17) is 11.0 Å². The molecule has 3 heteroatoms. The number of halogens is 1. The Bertz CT molecular complexity index is 406. The van der Waals surface area contributed by atoms with Gasteiger partial charge in [0.25, 0.3) is 0 Å². The molecule has 2 rings (SSSR count). The first-order valence-electron chi connectivity index (χ1n) is 4.71. The maximum Gasteiger partial charge on any atom is 0.145 e. The molecule has 0 saturated heterocycles. The Morgan fingerprint density at radius 2 is 2.29 bits per heavy atom. The number of fused-ring (bicyclic) bond motifs is 1. The third-order valence-electron chi connectivity index (χ3n) is 2.72. The van der Waals surface area contributed by atoms with Crippen LogP contribution in [0.4, 0.5) is 4.39 Å². The molecule has 72 valence electrons. The number of benzene rings is 1. The first-order valence-corrected chi connectivity index (χ1v) is 4.71. The summed E-state index contributed by atoms with van der Waals surface area (Å²) in [5.74, 6) is -0.419. The number of nitriles is 1. The van der Waals surface area contributed by atoms with Crippen LogP contribution < -0.4 is 5.73 Å². The molecular weight excluding hydrogens is 179 g/mol. The minimum atomic E-state index is -0.419. The van der Waals surface area contributed by atoms with E-state index in [2.05, 4.69) is 0 Å². The van der Waals surface area contributed by atoms with Gasteiger partial charge in [0.1, 0.15) is 11.9 Å². The highest BCUT2D eigenvalue weighted by Crippen LogP contribution is 2.31. The van der Waals surface area contributed by atoms with E-state index < -0.39 is 5.82 Å². The second-order valence-corrected chi connectivity index (χ2v) is 3.61. The van der Waals surface area contributed by atoms with Crippen LogP contribution in [0.25, 0.3) is 0 Å². The van der Waals surface area contributed by atoms with Crippen molar-refractivity contribution in [3.05, 3.63) is 34.6 Å². The monoisotopic (exact) mass is 190 g/mol. The molecule has 0 unspecified atom stereocenters. The summed E-state index contributed by atoms with van der Waals surface area (Å²) in [6.07, 6.45) is 2.67. The molecule has 2 N–H and O–H groups in total. The van der Waals surface area contributed by atoms with Gasteiger partial charge in [0, 0.05) is 11.6 Å². The van der Waals surface area contributed by atoms with E-state index >= 15 is 0 Å².